The number of nitrogens with one attached hydrogen (secondary N) is 2. The fourth-order valence-electron chi connectivity index (χ4n) is 5.48. The molecule has 0 bridgehead atoms. The molecule has 1 aliphatic rings. The van der Waals surface area contributed by atoms with E-state index in [1.807, 2.05) is 24.4 Å². The number of halogens is 2. The van der Waals surface area contributed by atoms with Gasteiger partial charge in [0.1, 0.15) is 17.3 Å². The van der Waals surface area contributed by atoms with Crippen molar-refractivity contribution in [3.63, 3.8) is 0 Å². The first-order valence-corrected chi connectivity index (χ1v) is 13.1. The van der Waals surface area contributed by atoms with Crippen LogP contribution in [0.15, 0.2) is 67.1 Å². The van der Waals surface area contributed by atoms with E-state index < -0.39 is 5.82 Å². The quantitative estimate of drug-likeness (QED) is 0.271. The number of aromatic nitrogens is 6. The maximum atomic E-state index is 16.2. The second-order valence-corrected chi connectivity index (χ2v) is 9.99. The number of rotatable bonds is 5. The van der Waals surface area contributed by atoms with Gasteiger partial charge in [0.2, 0.25) is 0 Å². The van der Waals surface area contributed by atoms with Gasteiger partial charge in [-0.1, -0.05) is 18.6 Å². The van der Waals surface area contributed by atoms with E-state index in [1.165, 1.54) is 31.4 Å². The third-order valence-corrected chi connectivity index (χ3v) is 7.38. The molecule has 0 atom stereocenters. The lowest BCUT2D eigenvalue weighted by molar-refractivity contribution is 0.220. The highest BCUT2D eigenvalue weighted by Crippen LogP contribution is 2.35. The second-order valence-electron chi connectivity index (χ2n) is 9.99. The highest BCUT2D eigenvalue weighted by atomic mass is 19.1. The number of aromatic amines is 2. The predicted molar refractivity (Wildman–Crippen MR) is 147 cm³/mol. The van der Waals surface area contributed by atoms with Crippen LogP contribution >= 0.6 is 0 Å². The molecule has 0 unspecified atom stereocenters. The molecule has 0 spiro atoms. The Labute approximate surface area is 223 Å². The topological polar surface area (TPSA) is 86.4 Å². The fraction of sp³-hybridized carbons (Fsp3) is 0.200. The van der Waals surface area contributed by atoms with Gasteiger partial charge >= 0.3 is 0 Å². The minimum atomic E-state index is -0.396. The van der Waals surface area contributed by atoms with Crippen LogP contribution in [-0.2, 0) is 6.54 Å². The van der Waals surface area contributed by atoms with E-state index >= 15 is 4.39 Å². The monoisotopic (exact) mass is 521 g/mol. The largest absolute Gasteiger partial charge is 0.335 e. The molecule has 4 aromatic heterocycles. The number of fused-ring (bicyclic) bond motifs is 2. The van der Waals surface area contributed by atoms with Gasteiger partial charge in [0.05, 0.1) is 16.4 Å². The standard InChI is InChI=1S/C30H25F2N7/c31-21-6-4-5-19(14-21)23-9-10-34-29-27(23)35-30(36-29)28-25-24(37-38-28)8-7-22(26(25)32)20-13-18(15-33-16-20)17-39-11-2-1-3-12-39/h4-10,13-16H,1-3,11-12,17H2,(H,37,38)(H,34,35,36). The van der Waals surface area contributed by atoms with Gasteiger partial charge in [0, 0.05) is 41.8 Å². The number of pyridine rings is 2. The van der Waals surface area contributed by atoms with Gasteiger partial charge in [0.15, 0.2) is 11.5 Å². The molecule has 1 aliphatic heterocycles. The van der Waals surface area contributed by atoms with Gasteiger partial charge in [-0.3, -0.25) is 15.0 Å². The molecule has 2 aromatic carbocycles. The molecule has 194 valence electrons. The maximum absolute atomic E-state index is 16.2. The number of piperidine rings is 1. The third kappa shape index (κ3) is 4.34. The summed E-state index contributed by atoms with van der Waals surface area (Å²) in [5, 5.41) is 7.66. The van der Waals surface area contributed by atoms with Crippen molar-refractivity contribution in [2.75, 3.05) is 13.1 Å². The maximum Gasteiger partial charge on any atom is 0.178 e. The summed E-state index contributed by atoms with van der Waals surface area (Å²) in [5.41, 5.74) is 5.64. The minimum Gasteiger partial charge on any atom is -0.335 e. The van der Waals surface area contributed by atoms with Crippen LogP contribution in [0.5, 0.6) is 0 Å². The van der Waals surface area contributed by atoms with E-state index in [1.54, 1.807) is 30.6 Å². The van der Waals surface area contributed by atoms with E-state index in [0.717, 1.165) is 36.3 Å². The van der Waals surface area contributed by atoms with Crippen molar-refractivity contribution in [3.05, 3.63) is 84.3 Å². The predicted octanol–water partition coefficient (Wildman–Crippen LogP) is 6.49. The molecule has 1 fully saturated rings. The van der Waals surface area contributed by atoms with E-state index in [2.05, 4.69) is 35.0 Å². The van der Waals surface area contributed by atoms with Crippen LogP contribution < -0.4 is 0 Å². The van der Waals surface area contributed by atoms with E-state index in [-0.39, 0.29) is 5.82 Å². The fourth-order valence-corrected chi connectivity index (χ4v) is 5.48. The normalized spacial score (nSPS) is 14.4. The first kappa shape index (κ1) is 23.6. The van der Waals surface area contributed by atoms with Crippen LogP contribution in [0.3, 0.4) is 0 Å². The van der Waals surface area contributed by atoms with Gasteiger partial charge in [-0.2, -0.15) is 5.10 Å². The molecule has 7 rings (SSSR count). The van der Waals surface area contributed by atoms with Gasteiger partial charge < -0.3 is 4.98 Å². The summed E-state index contributed by atoms with van der Waals surface area (Å²) >= 11 is 0. The van der Waals surface area contributed by atoms with Crippen molar-refractivity contribution in [1.29, 1.82) is 0 Å². The Kier molecular flexibility index (Phi) is 5.85. The number of benzene rings is 2. The molecule has 0 saturated carbocycles. The Bertz CT molecular complexity index is 1820. The average Bonchev–Trinajstić information content (AvgIpc) is 3.59. The van der Waals surface area contributed by atoms with E-state index in [0.29, 0.717) is 44.7 Å². The number of hydrogen-bond donors (Lipinski definition) is 2. The summed E-state index contributed by atoms with van der Waals surface area (Å²) in [7, 11) is 0. The van der Waals surface area contributed by atoms with Crippen LogP contribution in [-0.4, -0.2) is 48.1 Å². The summed E-state index contributed by atoms with van der Waals surface area (Å²) < 4.78 is 30.1. The van der Waals surface area contributed by atoms with E-state index in [9.17, 15) is 4.39 Å². The molecule has 7 nitrogen and oxygen atoms in total. The lowest BCUT2D eigenvalue weighted by atomic mass is 10.0. The highest BCUT2D eigenvalue weighted by molar-refractivity contribution is 5.98. The van der Waals surface area contributed by atoms with Crippen LogP contribution in [0.25, 0.3) is 55.8 Å². The van der Waals surface area contributed by atoms with Gasteiger partial charge in [-0.15, -0.1) is 0 Å². The Morgan fingerprint density at radius 1 is 0.897 bits per heavy atom. The molecule has 1 saturated heterocycles. The highest BCUT2D eigenvalue weighted by Gasteiger charge is 2.21. The van der Waals surface area contributed by atoms with Crippen molar-refractivity contribution >= 4 is 22.1 Å². The lowest BCUT2D eigenvalue weighted by Gasteiger charge is -2.26. The first-order chi connectivity index (χ1) is 19.1. The van der Waals surface area contributed by atoms with Crippen molar-refractivity contribution in [3.8, 4) is 33.8 Å². The van der Waals surface area contributed by atoms with Crippen LogP contribution in [0.4, 0.5) is 8.78 Å². The Morgan fingerprint density at radius 2 is 1.79 bits per heavy atom. The molecule has 9 heteroatoms. The zero-order chi connectivity index (χ0) is 26.3. The van der Waals surface area contributed by atoms with Crippen LogP contribution in [0.1, 0.15) is 24.8 Å². The molecule has 0 radical (unpaired) electrons. The summed E-state index contributed by atoms with van der Waals surface area (Å²) in [6.45, 7) is 2.97. The van der Waals surface area contributed by atoms with Gasteiger partial charge in [-0.05, 0) is 73.5 Å². The van der Waals surface area contributed by atoms with E-state index in [4.69, 9.17) is 0 Å². The number of likely N-dealkylation sites (tertiary alicyclic amines) is 1. The molecular weight excluding hydrogens is 496 g/mol. The van der Waals surface area contributed by atoms with Crippen molar-refractivity contribution in [2.24, 2.45) is 0 Å². The number of H-pyrrole nitrogens is 2. The van der Waals surface area contributed by atoms with Crippen molar-refractivity contribution < 1.29 is 8.78 Å². The summed E-state index contributed by atoms with van der Waals surface area (Å²) in [4.78, 5) is 19.1. The number of nitrogens with zero attached hydrogens (tertiary/aromatic N) is 5. The Hall–Kier alpha value is -4.50. The SMILES string of the molecule is Fc1cccc(-c2ccnc3nc(-c4n[nH]c5ccc(-c6cncc(CN7CCCCC7)c6)c(F)c45)[nH]c23)c1. The summed E-state index contributed by atoms with van der Waals surface area (Å²) in [6, 6.07) is 13.7. The molecule has 39 heavy (non-hydrogen) atoms. The third-order valence-electron chi connectivity index (χ3n) is 7.38. The molecule has 6 aromatic rings. The molecule has 2 N–H and O–H groups in total. The zero-order valence-corrected chi connectivity index (χ0v) is 21.1. The Morgan fingerprint density at radius 3 is 2.67 bits per heavy atom. The Balaban J connectivity index is 1.29. The van der Waals surface area contributed by atoms with Crippen molar-refractivity contribution in [2.45, 2.75) is 25.8 Å². The minimum absolute atomic E-state index is 0.334. The second kappa shape index (κ2) is 9.67. The summed E-state index contributed by atoms with van der Waals surface area (Å²) in [5.74, 6) is -0.354. The van der Waals surface area contributed by atoms with Gasteiger partial charge in [-0.25, -0.2) is 18.7 Å². The smallest absolute Gasteiger partial charge is 0.178 e. The number of hydrogen-bond acceptors (Lipinski definition) is 5. The average molecular weight is 522 g/mol. The zero-order valence-electron chi connectivity index (χ0n) is 21.1. The van der Waals surface area contributed by atoms with Crippen LogP contribution in [0, 0.1) is 11.6 Å². The van der Waals surface area contributed by atoms with Crippen molar-refractivity contribution in [1.82, 2.24) is 35.0 Å². The number of imidazole rings is 1. The molecular formula is C30H25F2N7. The first-order valence-electron chi connectivity index (χ1n) is 13.1. The summed E-state index contributed by atoms with van der Waals surface area (Å²) in [6.07, 6.45) is 8.87. The molecule has 5 heterocycles. The molecule has 0 aliphatic carbocycles. The molecule has 0 amide bonds. The van der Waals surface area contributed by atoms with Crippen LogP contribution in [0.2, 0.25) is 0 Å². The lowest BCUT2D eigenvalue weighted by Crippen LogP contribution is -2.29. The van der Waals surface area contributed by atoms with Gasteiger partial charge in [0.25, 0.3) is 0 Å².